The Morgan fingerprint density at radius 1 is 1.00 bits per heavy atom. The molecule has 0 atom stereocenters. The molecule has 2 aromatic carbocycles. The third-order valence-electron chi connectivity index (χ3n) is 3.27. The molecule has 0 spiro atoms. The van der Waals surface area contributed by atoms with Crippen LogP contribution >= 0.6 is 0 Å². The van der Waals surface area contributed by atoms with Gasteiger partial charge >= 0.3 is 0 Å². The number of methoxy groups -OCH3 is 1. The number of fused-ring (bicyclic) bond motifs is 1. The Labute approximate surface area is 122 Å². The molecule has 3 rings (SSSR count). The maximum Gasteiger partial charge on any atom is 0.248 e. The van der Waals surface area contributed by atoms with Crippen LogP contribution in [0.25, 0.3) is 10.9 Å². The normalized spacial score (nSPS) is 10.5. The highest BCUT2D eigenvalue weighted by Gasteiger charge is 2.06. The van der Waals surface area contributed by atoms with Crippen molar-refractivity contribution in [1.82, 2.24) is 4.98 Å². The van der Waals surface area contributed by atoms with E-state index in [-0.39, 0.29) is 5.56 Å². The largest absolute Gasteiger partial charge is 0.497 e. The van der Waals surface area contributed by atoms with Crippen molar-refractivity contribution in [3.63, 3.8) is 0 Å². The van der Waals surface area contributed by atoms with Gasteiger partial charge in [0, 0.05) is 23.1 Å². The molecule has 0 aliphatic rings. The number of aromatic amines is 1. The van der Waals surface area contributed by atoms with Crippen LogP contribution in [0.2, 0.25) is 0 Å². The number of hydrogen-bond donors (Lipinski definition) is 1. The fourth-order valence-corrected chi connectivity index (χ4v) is 2.24. The lowest BCUT2D eigenvalue weighted by molar-refractivity contribution is 0.307. The van der Waals surface area contributed by atoms with Gasteiger partial charge in [-0.05, 0) is 24.3 Å². The monoisotopic (exact) mass is 281 g/mol. The zero-order valence-electron chi connectivity index (χ0n) is 11.6. The summed E-state index contributed by atoms with van der Waals surface area (Å²) in [4.78, 5) is 14.6. The second kappa shape index (κ2) is 5.71. The fourth-order valence-electron chi connectivity index (χ4n) is 2.24. The predicted molar refractivity (Wildman–Crippen MR) is 81.9 cm³/mol. The lowest BCUT2D eigenvalue weighted by Gasteiger charge is -2.09. The van der Waals surface area contributed by atoms with Gasteiger partial charge in [0.1, 0.15) is 18.1 Å². The summed E-state index contributed by atoms with van der Waals surface area (Å²) in [7, 11) is 1.60. The Balaban J connectivity index is 1.96. The molecule has 3 aromatic rings. The highest BCUT2D eigenvalue weighted by atomic mass is 16.5. The number of rotatable bonds is 4. The van der Waals surface area contributed by atoms with E-state index in [4.69, 9.17) is 9.47 Å². The van der Waals surface area contributed by atoms with Crippen LogP contribution in [0.5, 0.6) is 11.5 Å². The average molecular weight is 281 g/mol. The molecular weight excluding hydrogens is 266 g/mol. The number of ether oxygens (including phenoxy) is 2. The molecule has 0 saturated heterocycles. The number of nitrogens with one attached hydrogen (secondary N) is 1. The van der Waals surface area contributed by atoms with E-state index in [0.29, 0.717) is 12.4 Å². The molecule has 0 amide bonds. The molecule has 0 aliphatic heterocycles. The average Bonchev–Trinajstić information content (AvgIpc) is 2.52. The van der Waals surface area contributed by atoms with E-state index in [1.807, 2.05) is 48.5 Å². The van der Waals surface area contributed by atoms with Crippen LogP contribution in [-0.2, 0) is 6.61 Å². The summed E-state index contributed by atoms with van der Waals surface area (Å²) in [5.41, 5.74) is 1.44. The number of aromatic nitrogens is 1. The summed E-state index contributed by atoms with van der Waals surface area (Å²) in [5, 5.41) is 0.950. The van der Waals surface area contributed by atoms with E-state index in [0.717, 1.165) is 22.2 Å². The summed E-state index contributed by atoms with van der Waals surface area (Å²) >= 11 is 0. The molecule has 0 aliphatic carbocycles. The second-order valence-electron chi connectivity index (χ2n) is 4.67. The van der Waals surface area contributed by atoms with Crippen molar-refractivity contribution in [1.29, 1.82) is 0 Å². The Hall–Kier alpha value is -2.75. The maximum absolute atomic E-state index is 11.8. The quantitative estimate of drug-likeness (QED) is 0.799. The number of pyridine rings is 1. The molecule has 0 fully saturated rings. The molecule has 21 heavy (non-hydrogen) atoms. The molecule has 0 unspecified atom stereocenters. The van der Waals surface area contributed by atoms with Gasteiger partial charge in [0.25, 0.3) is 0 Å². The third kappa shape index (κ3) is 2.89. The van der Waals surface area contributed by atoms with Gasteiger partial charge < -0.3 is 14.5 Å². The van der Waals surface area contributed by atoms with Crippen molar-refractivity contribution in [2.45, 2.75) is 6.61 Å². The Bertz CT molecular complexity index is 809. The van der Waals surface area contributed by atoms with Crippen molar-refractivity contribution in [3.8, 4) is 11.5 Å². The van der Waals surface area contributed by atoms with Crippen LogP contribution in [-0.4, -0.2) is 12.1 Å². The van der Waals surface area contributed by atoms with Crippen molar-refractivity contribution in [3.05, 3.63) is 70.5 Å². The molecule has 0 bridgehead atoms. The second-order valence-corrected chi connectivity index (χ2v) is 4.67. The van der Waals surface area contributed by atoms with Gasteiger partial charge in [0.05, 0.1) is 12.6 Å². The summed E-state index contributed by atoms with van der Waals surface area (Å²) in [6.07, 6.45) is 0. The highest BCUT2D eigenvalue weighted by Crippen LogP contribution is 2.22. The van der Waals surface area contributed by atoms with E-state index in [1.165, 1.54) is 0 Å². The van der Waals surface area contributed by atoms with Crippen molar-refractivity contribution >= 4 is 10.9 Å². The van der Waals surface area contributed by atoms with Gasteiger partial charge in [0.15, 0.2) is 0 Å². The van der Waals surface area contributed by atoms with Gasteiger partial charge in [-0.25, -0.2) is 0 Å². The summed E-state index contributed by atoms with van der Waals surface area (Å²) in [6, 6.07) is 16.7. The minimum Gasteiger partial charge on any atom is -0.497 e. The minimum atomic E-state index is -0.151. The number of benzene rings is 2. The Morgan fingerprint density at radius 3 is 2.57 bits per heavy atom. The van der Waals surface area contributed by atoms with Crippen LogP contribution in [0.1, 0.15) is 5.56 Å². The van der Waals surface area contributed by atoms with Crippen LogP contribution in [0.4, 0.5) is 0 Å². The molecule has 4 heteroatoms. The van der Waals surface area contributed by atoms with Crippen LogP contribution in [0.3, 0.4) is 0 Å². The van der Waals surface area contributed by atoms with Gasteiger partial charge in [-0.15, -0.1) is 0 Å². The fraction of sp³-hybridized carbons (Fsp3) is 0.118. The summed E-state index contributed by atoms with van der Waals surface area (Å²) in [5.74, 6) is 1.48. The zero-order chi connectivity index (χ0) is 14.7. The van der Waals surface area contributed by atoms with Crippen LogP contribution < -0.4 is 15.0 Å². The SMILES string of the molecule is COc1ccc2c(COc3ccccc3)cc(=O)[nH]c2c1. The van der Waals surface area contributed by atoms with Gasteiger partial charge in [-0.1, -0.05) is 18.2 Å². The zero-order valence-corrected chi connectivity index (χ0v) is 11.6. The van der Waals surface area contributed by atoms with E-state index < -0.39 is 0 Å². The molecule has 1 aromatic heterocycles. The van der Waals surface area contributed by atoms with E-state index in [2.05, 4.69) is 4.98 Å². The van der Waals surface area contributed by atoms with Crippen molar-refractivity contribution in [2.75, 3.05) is 7.11 Å². The smallest absolute Gasteiger partial charge is 0.248 e. The lowest BCUT2D eigenvalue weighted by Crippen LogP contribution is -2.08. The van der Waals surface area contributed by atoms with Crippen LogP contribution in [0, 0.1) is 0 Å². The number of para-hydroxylation sites is 1. The first-order valence-electron chi connectivity index (χ1n) is 6.64. The number of H-pyrrole nitrogens is 1. The summed E-state index contributed by atoms with van der Waals surface area (Å²) < 4.78 is 10.9. The number of hydrogen-bond acceptors (Lipinski definition) is 3. The van der Waals surface area contributed by atoms with Crippen LogP contribution in [0.15, 0.2) is 59.4 Å². The predicted octanol–water partition coefficient (Wildman–Crippen LogP) is 3.12. The highest BCUT2D eigenvalue weighted by molar-refractivity contribution is 5.83. The van der Waals surface area contributed by atoms with Crippen molar-refractivity contribution in [2.24, 2.45) is 0 Å². The topological polar surface area (TPSA) is 51.3 Å². The van der Waals surface area contributed by atoms with Gasteiger partial charge in [-0.2, -0.15) is 0 Å². The third-order valence-corrected chi connectivity index (χ3v) is 3.27. The van der Waals surface area contributed by atoms with E-state index in [1.54, 1.807) is 13.2 Å². The molecule has 1 N–H and O–H groups in total. The first-order chi connectivity index (χ1) is 10.3. The maximum atomic E-state index is 11.8. The Kier molecular flexibility index (Phi) is 3.60. The van der Waals surface area contributed by atoms with Crippen molar-refractivity contribution < 1.29 is 9.47 Å². The minimum absolute atomic E-state index is 0.151. The molecule has 0 saturated carbocycles. The lowest BCUT2D eigenvalue weighted by atomic mass is 10.1. The Morgan fingerprint density at radius 2 is 1.81 bits per heavy atom. The molecular formula is C17H15NO3. The standard InChI is InChI=1S/C17H15NO3/c1-20-14-7-8-15-12(9-17(19)18-16(15)10-14)11-21-13-5-3-2-4-6-13/h2-10H,11H2,1H3,(H,18,19). The van der Waals surface area contributed by atoms with Gasteiger partial charge in [-0.3, -0.25) is 4.79 Å². The van der Waals surface area contributed by atoms with E-state index >= 15 is 0 Å². The molecule has 0 radical (unpaired) electrons. The van der Waals surface area contributed by atoms with Gasteiger partial charge in [0.2, 0.25) is 5.56 Å². The van der Waals surface area contributed by atoms with E-state index in [9.17, 15) is 4.79 Å². The first-order valence-corrected chi connectivity index (χ1v) is 6.64. The first kappa shape index (κ1) is 13.2. The summed E-state index contributed by atoms with van der Waals surface area (Å²) in [6.45, 7) is 0.344. The molecule has 1 heterocycles. The molecule has 4 nitrogen and oxygen atoms in total. The molecule has 106 valence electrons.